The van der Waals surface area contributed by atoms with E-state index < -0.39 is 0 Å². The van der Waals surface area contributed by atoms with E-state index in [2.05, 4.69) is 9.88 Å². The maximum atomic E-state index is 9.90. The van der Waals surface area contributed by atoms with Crippen LogP contribution in [0.25, 0.3) is 0 Å². The third kappa shape index (κ3) is 0.662. The van der Waals surface area contributed by atoms with Crippen LogP contribution >= 0.6 is 0 Å². The molecule has 1 unspecified atom stereocenters. The molecule has 1 heterocycles. The molecule has 36 valence electrons. The van der Waals surface area contributed by atoms with Crippen molar-refractivity contribution >= 4 is 0 Å². The van der Waals surface area contributed by atoms with Crippen molar-refractivity contribution in [3.63, 3.8) is 0 Å². The minimum Gasteiger partial charge on any atom is -0.597 e. The summed E-state index contributed by atoms with van der Waals surface area (Å²) in [7, 11) is 0. The second kappa shape index (κ2) is 1.53. The fourth-order valence-corrected chi connectivity index (χ4v) is 0.274. The molecule has 0 aromatic carbocycles. The van der Waals surface area contributed by atoms with E-state index in [1.807, 2.05) is 0 Å². The molecular weight excluding hydrogens is 86.0 g/mol. The molecule has 0 aliphatic carbocycles. The monoisotopic (exact) mass is 91.0 g/mol. The van der Waals surface area contributed by atoms with Crippen LogP contribution < -0.4 is 5.23 Å². The van der Waals surface area contributed by atoms with E-state index in [1.165, 1.54) is 0 Å². The first kappa shape index (κ1) is 4.01. The van der Waals surface area contributed by atoms with Crippen molar-refractivity contribution in [2.75, 3.05) is 13.2 Å². The number of hydrogen-bond acceptors (Lipinski definition) is 3. The van der Waals surface area contributed by atoms with E-state index in [4.69, 9.17) is 0 Å². The van der Waals surface area contributed by atoms with Gasteiger partial charge in [-0.2, -0.15) is 10.1 Å². The molecule has 0 radical (unpaired) electrons. The zero-order valence-electron chi connectivity index (χ0n) is 3.14. The average molecular weight is 91.1 g/mol. The number of hydroxylamine groups is 2. The van der Waals surface area contributed by atoms with Crippen molar-refractivity contribution in [2.24, 2.45) is 0 Å². The SMILES string of the molecule is [O-][NH+]1CCOO1. The number of nitrogens with one attached hydrogen (secondary N) is 1. The number of hydrogen-bond donors (Lipinski definition) is 1. The van der Waals surface area contributed by atoms with Crippen LogP contribution in [-0.4, -0.2) is 13.2 Å². The van der Waals surface area contributed by atoms with Gasteiger partial charge in [0.25, 0.3) is 0 Å². The van der Waals surface area contributed by atoms with Gasteiger partial charge < -0.3 is 5.21 Å². The zero-order valence-corrected chi connectivity index (χ0v) is 3.14. The molecule has 1 aliphatic heterocycles. The summed E-state index contributed by atoms with van der Waals surface area (Å²) in [6.45, 7) is 0.818. The quantitative estimate of drug-likeness (QED) is 0.284. The standard InChI is InChI=1S/C2H5NO3/c4-3-1-2-5-6-3/h3H,1-2H2. The highest BCUT2D eigenvalue weighted by molar-refractivity contribution is 4.18. The molecule has 0 saturated carbocycles. The summed E-state index contributed by atoms with van der Waals surface area (Å²) in [5, 5.41) is 9.63. The Bertz CT molecular complexity index is 42.1. The Balaban J connectivity index is 2.18. The fourth-order valence-electron chi connectivity index (χ4n) is 0.274. The van der Waals surface area contributed by atoms with E-state index in [0.717, 1.165) is 0 Å². The maximum Gasteiger partial charge on any atom is 0.140 e. The van der Waals surface area contributed by atoms with Crippen LogP contribution in [0.15, 0.2) is 0 Å². The highest BCUT2D eigenvalue weighted by atomic mass is 17.3. The van der Waals surface area contributed by atoms with Gasteiger partial charge >= 0.3 is 0 Å². The van der Waals surface area contributed by atoms with Crippen molar-refractivity contribution in [3.8, 4) is 0 Å². The molecular formula is C2H5NO3. The van der Waals surface area contributed by atoms with E-state index in [1.54, 1.807) is 0 Å². The smallest absolute Gasteiger partial charge is 0.140 e. The Hall–Kier alpha value is -0.160. The first-order chi connectivity index (χ1) is 2.89. The third-order valence-electron chi connectivity index (χ3n) is 0.541. The minimum absolute atomic E-state index is 0.269. The second-order valence-electron chi connectivity index (χ2n) is 1.03. The normalized spacial score (nSPS) is 34.5. The first-order valence-corrected chi connectivity index (χ1v) is 1.72. The van der Waals surface area contributed by atoms with Crippen LogP contribution in [0.3, 0.4) is 0 Å². The van der Waals surface area contributed by atoms with E-state index >= 15 is 0 Å². The molecule has 1 fully saturated rings. The summed E-state index contributed by atoms with van der Waals surface area (Å²) in [6, 6.07) is 0. The van der Waals surface area contributed by atoms with Gasteiger partial charge in [0.15, 0.2) is 0 Å². The second-order valence-corrected chi connectivity index (χ2v) is 1.03. The summed E-state index contributed by atoms with van der Waals surface area (Å²) in [4.78, 5) is 8.22. The van der Waals surface area contributed by atoms with Crippen LogP contribution in [-0.2, 0) is 9.88 Å². The lowest BCUT2D eigenvalue weighted by molar-refractivity contribution is -1.07. The maximum absolute atomic E-state index is 9.90. The molecule has 1 saturated heterocycles. The first-order valence-electron chi connectivity index (χ1n) is 1.72. The summed E-state index contributed by atoms with van der Waals surface area (Å²) in [6.07, 6.45) is 0. The van der Waals surface area contributed by atoms with E-state index in [-0.39, 0.29) is 5.23 Å². The van der Waals surface area contributed by atoms with Crippen LogP contribution in [0.1, 0.15) is 0 Å². The Labute approximate surface area is 34.7 Å². The molecule has 0 aromatic rings. The zero-order chi connectivity index (χ0) is 4.41. The van der Waals surface area contributed by atoms with E-state index in [0.29, 0.717) is 13.2 Å². The molecule has 0 aromatic heterocycles. The summed E-state index contributed by atoms with van der Waals surface area (Å²) < 4.78 is 0. The molecule has 4 nitrogen and oxygen atoms in total. The molecule has 0 spiro atoms. The predicted octanol–water partition coefficient (Wildman–Crippen LogP) is -1.75. The highest BCUT2D eigenvalue weighted by Crippen LogP contribution is 1.71. The molecule has 1 rings (SSSR count). The largest absolute Gasteiger partial charge is 0.597 e. The Kier molecular flexibility index (Phi) is 1.02. The fraction of sp³-hybridized carbons (Fsp3) is 1.00. The van der Waals surface area contributed by atoms with Gasteiger partial charge in [-0.25, -0.2) is 0 Å². The predicted molar refractivity (Wildman–Crippen MR) is 16.2 cm³/mol. The molecule has 1 N–H and O–H groups in total. The van der Waals surface area contributed by atoms with Gasteiger partial charge in [-0.3, -0.25) is 0 Å². The van der Waals surface area contributed by atoms with Crippen molar-refractivity contribution in [2.45, 2.75) is 0 Å². The summed E-state index contributed by atoms with van der Waals surface area (Å²) in [5.41, 5.74) is 0. The van der Waals surface area contributed by atoms with Gasteiger partial charge in [-0.1, -0.05) is 0 Å². The van der Waals surface area contributed by atoms with Gasteiger partial charge in [0, 0.05) is 0 Å². The van der Waals surface area contributed by atoms with E-state index in [9.17, 15) is 5.21 Å². The number of rotatable bonds is 0. The van der Waals surface area contributed by atoms with Crippen molar-refractivity contribution in [3.05, 3.63) is 5.21 Å². The van der Waals surface area contributed by atoms with Gasteiger partial charge in [-0.15, -0.1) is 0 Å². The topological polar surface area (TPSA) is 46.0 Å². The average Bonchev–Trinajstić information content (AvgIpc) is 1.86. The van der Waals surface area contributed by atoms with Crippen molar-refractivity contribution in [1.82, 2.24) is 0 Å². The Morgan fingerprint density at radius 2 is 2.50 bits per heavy atom. The van der Waals surface area contributed by atoms with Gasteiger partial charge in [-0.05, 0) is 4.99 Å². The van der Waals surface area contributed by atoms with Crippen molar-refractivity contribution in [1.29, 1.82) is 0 Å². The molecule has 1 aliphatic rings. The van der Waals surface area contributed by atoms with Crippen LogP contribution in [0, 0.1) is 5.21 Å². The molecule has 0 bridgehead atoms. The lowest BCUT2D eigenvalue weighted by atomic mass is 10.7. The van der Waals surface area contributed by atoms with Gasteiger partial charge in [0.1, 0.15) is 13.2 Å². The lowest BCUT2D eigenvalue weighted by Crippen LogP contribution is -3.03. The van der Waals surface area contributed by atoms with Crippen LogP contribution in [0.2, 0.25) is 0 Å². The van der Waals surface area contributed by atoms with Gasteiger partial charge in [0.05, 0.1) is 0 Å². The minimum atomic E-state index is -0.269. The molecule has 4 heteroatoms. The molecule has 1 atom stereocenters. The molecule has 0 amide bonds. The summed E-state index contributed by atoms with van der Waals surface area (Å²) in [5.74, 6) is 0. The van der Waals surface area contributed by atoms with Gasteiger partial charge in [0.2, 0.25) is 0 Å². The number of quaternary nitrogens is 1. The molecule has 6 heavy (non-hydrogen) atoms. The van der Waals surface area contributed by atoms with Crippen molar-refractivity contribution < 1.29 is 15.1 Å². The van der Waals surface area contributed by atoms with Crippen LogP contribution in [0.5, 0.6) is 0 Å². The highest BCUT2D eigenvalue weighted by Gasteiger charge is 2.06. The third-order valence-corrected chi connectivity index (χ3v) is 0.541. The Morgan fingerprint density at radius 3 is 2.67 bits per heavy atom. The summed E-state index contributed by atoms with van der Waals surface area (Å²) >= 11 is 0. The lowest BCUT2D eigenvalue weighted by Gasteiger charge is -2.03. The van der Waals surface area contributed by atoms with Crippen LogP contribution in [0.4, 0.5) is 0 Å². The Morgan fingerprint density at radius 1 is 1.67 bits per heavy atom.